The molecule has 11 heteroatoms. The number of anilines is 1. The summed E-state index contributed by atoms with van der Waals surface area (Å²) in [5, 5.41) is 1.43. The van der Waals surface area contributed by atoms with Crippen LogP contribution in [0.5, 0.6) is 11.5 Å². The zero-order valence-electron chi connectivity index (χ0n) is 26.1. The highest BCUT2D eigenvalue weighted by Crippen LogP contribution is 2.34. The highest BCUT2D eigenvalue weighted by atomic mass is 32.2. The molecule has 0 bridgehead atoms. The number of sulfonamides is 1. The summed E-state index contributed by atoms with van der Waals surface area (Å²) in [6.45, 7) is 10.9. The second-order valence-electron chi connectivity index (χ2n) is 10.6. The quantitative estimate of drug-likeness (QED) is 0.0905. The number of aryl methyl sites for hydroxylation is 1. The van der Waals surface area contributed by atoms with Gasteiger partial charge in [-0.25, -0.2) is 8.42 Å². The van der Waals surface area contributed by atoms with Gasteiger partial charge in [-0.1, -0.05) is 49.8 Å². The van der Waals surface area contributed by atoms with Gasteiger partial charge < -0.3 is 14.2 Å². The fraction of sp³-hybridized carbons (Fsp3) is 0.257. The standard InChI is InChI=1S/C35H38N2O7S2/c1-5-7-25(3)32(43-23-6-22-42-29-15-11-27(12-16-29)33-34(38)36-35(39)45-33)21-10-26(4)44-30-17-13-28(14-18-30)37-46(40,41)31-19-8-24(2)9-20-31/h8-21,33,37H,4-7,22-23H2,1-3H3,(H,36,38,39)/b21-10-,32-25-. The van der Waals surface area contributed by atoms with E-state index in [1.165, 1.54) is 0 Å². The van der Waals surface area contributed by atoms with Crippen LogP contribution in [-0.2, 0) is 19.6 Å². The fourth-order valence-electron chi connectivity index (χ4n) is 4.43. The van der Waals surface area contributed by atoms with E-state index in [1.54, 1.807) is 78.9 Å². The number of nitrogens with one attached hydrogen (secondary N) is 2. The van der Waals surface area contributed by atoms with Crippen molar-refractivity contribution in [1.82, 2.24) is 5.32 Å². The average Bonchev–Trinajstić information content (AvgIpc) is 3.37. The van der Waals surface area contributed by atoms with E-state index in [1.807, 2.05) is 19.9 Å². The van der Waals surface area contributed by atoms with Crippen molar-refractivity contribution in [2.75, 3.05) is 17.9 Å². The molecule has 0 aliphatic carbocycles. The van der Waals surface area contributed by atoms with E-state index in [4.69, 9.17) is 14.2 Å². The molecule has 4 rings (SSSR count). The summed E-state index contributed by atoms with van der Waals surface area (Å²) in [5.74, 6) is 2.00. The molecule has 0 aromatic heterocycles. The first-order valence-corrected chi connectivity index (χ1v) is 17.2. The summed E-state index contributed by atoms with van der Waals surface area (Å²) < 4.78 is 45.6. The molecule has 0 radical (unpaired) electrons. The summed E-state index contributed by atoms with van der Waals surface area (Å²) in [5.41, 5.74) is 3.24. The van der Waals surface area contributed by atoms with Gasteiger partial charge in [-0.05, 0) is 104 Å². The second-order valence-corrected chi connectivity index (χ2v) is 13.4. The normalized spacial score (nSPS) is 15.3. The van der Waals surface area contributed by atoms with Gasteiger partial charge >= 0.3 is 0 Å². The third-order valence-electron chi connectivity index (χ3n) is 6.84. The van der Waals surface area contributed by atoms with Crippen LogP contribution in [0, 0.1) is 6.92 Å². The van der Waals surface area contributed by atoms with Crippen LogP contribution in [-0.4, -0.2) is 32.8 Å². The number of hydrogen-bond donors (Lipinski definition) is 2. The van der Waals surface area contributed by atoms with Crippen LogP contribution in [0.15, 0.2) is 114 Å². The molecule has 0 saturated carbocycles. The van der Waals surface area contributed by atoms with Gasteiger partial charge in [-0.2, -0.15) is 0 Å². The molecule has 242 valence electrons. The van der Waals surface area contributed by atoms with E-state index >= 15 is 0 Å². The van der Waals surface area contributed by atoms with Crippen molar-refractivity contribution in [3.63, 3.8) is 0 Å². The predicted molar refractivity (Wildman–Crippen MR) is 181 cm³/mol. The molecular formula is C35H38N2O7S2. The molecule has 2 N–H and O–H groups in total. The second kappa shape index (κ2) is 16.2. The Kier molecular flexibility index (Phi) is 12.1. The zero-order valence-corrected chi connectivity index (χ0v) is 27.7. The summed E-state index contributed by atoms with van der Waals surface area (Å²) >= 11 is 0.972. The lowest BCUT2D eigenvalue weighted by Crippen LogP contribution is -2.20. The van der Waals surface area contributed by atoms with Crippen molar-refractivity contribution in [2.24, 2.45) is 0 Å². The minimum Gasteiger partial charge on any atom is -0.494 e. The number of amides is 2. The van der Waals surface area contributed by atoms with Crippen LogP contribution >= 0.6 is 11.8 Å². The number of carbonyl (C=O) groups excluding carboxylic acids is 2. The van der Waals surface area contributed by atoms with Gasteiger partial charge in [0.1, 0.15) is 28.3 Å². The van der Waals surface area contributed by atoms with E-state index in [0.717, 1.165) is 47.1 Å². The lowest BCUT2D eigenvalue weighted by Gasteiger charge is -2.13. The van der Waals surface area contributed by atoms with Crippen molar-refractivity contribution < 1.29 is 32.2 Å². The van der Waals surface area contributed by atoms with Crippen LogP contribution in [0.1, 0.15) is 49.5 Å². The summed E-state index contributed by atoms with van der Waals surface area (Å²) in [7, 11) is -3.70. The first-order valence-electron chi connectivity index (χ1n) is 14.8. The van der Waals surface area contributed by atoms with Crippen LogP contribution in [0.2, 0.25) is 0 Å². The monoisotopic (exact) mass is 662 g/mol. The van der Waals surface area contributed by atoms with Crippen LogP contribution in [0.4, 0.5) is 10.5 Å². The highest BCUT2D eigenvalue weighted by molar-refractivity contribution is 8.15. The van der Waals surface area contributed by atoms with Crippen molar-refractivity contribution in [3.05, 3.63) is 120 Å². The summed E-state index contributed by atoms with van der Waals surface area (Å²) in [4.78, 5) is 23.5. The third kappa shape index (κ3) is 10.0. The van der Waals surface area contributed by atoms with Gasteiger partial charge in [0.2, 0.25) is 5.91 Å². The molecule has 1 aliphatic rings. The van der Waals surface area contributed by atoms with Gasteiger partial charge in [0.25, 0.3) is 15.3 Å². The minimum atomic E-state index is -3.70. The lowest BCUT2D eigenvalue weighted by molar-refractivity contribution is -0.119. The number of benzene rings is 3. The highest BCUT2D eigenvalue weighted by Gasteiger charge is 2.32. The number of allylic oxidation sites excluding steroid dienone is 3. The Morgan fingerprint density at radius 1 is 0.957 bits per heavy atom. The average molecular weight is 663 g/mol. The van der Waals surface area contributed by atoms with Gasteiger partial charge in [-0.15, -0.1) is 0 Å². The van der Waals surface area contributed by atoms with E-state index in [-0.39, 0.29) is 16.0 Å². The minimum absolute atomic E-state index is 0.190. The van der Waals surface area contributed by atoms with Crippen LogP contribution < -0.4 is 19.5 Å². The lowest BCUT2D eigenvalue weighted by atomic mass is 10.1. The Bertz CT molecular complexity index is 1700. The van der Waals surface area contributed by atoms with Gasteiger partial charge in [-0.3, -0.25) is 19.6 Å². The Balaban J connectivity index is 1.24. The van der Waals surface area contributed by atoms with Crippen molar-refractivity contribution in [1.29, 1.82) is 0 Å². The first kappa shape index (κ1) is 34.4. The van der Waals surface area contributed by atoms with Crippen molar-refractivity contribution in [2.45, 2.75) is 50.2 Å². The molecule has 3 aromatic carbocycles. The Morgan fingerprint density at radius 2 is 1.63 bits per heavy atom. The largest absolute Gasteiger partial charge is 0.494 e. The number of imide groups is 1. The molecular weight excluding hydrogens is 625 g/mol. The number of ether oxygens (including phenoxy) is 3. The van der Waals surface area contributed by atoms with Gasteiger partial charge in [0, 0.05) is 12.1 Å². The summed E-state index contributed by atoms with van der Waals surface area (Å²) in [6, 6.07) is 20.4. The number of hydrogen-bond acceptors (Lipinski definition) is 8. The molecule has 1 unspecified atom stereocenters. The SMILES string of the molecule is C=C(/C=C\C(OCCCOc1ccc(C2SC(=O)NC2=O)cc1)=C(/C)CCC)Oc1ccc(NS(=O)(=O)c2ccc(C)cc2)cc1. The van der Waals surface area contributed by atoms with E-state index in [9.17, 15) is 18.0 Å². The van der Waals surface area contributed by atoms with Crippen molar-refractivity contribution in [3.8, 4) is 11.5 Å². The first-order chi connectivity index (χ1) is 22.0. The van der Waals surface area contributed by atoms with Gasteiger partial charge in [0.05, 0.1) is 18.1 Å². The molecule has 2 amide bonds. The zero-order chi connectivity index (χ0) is 33.1. The topological polar surface area (TPSA) is 120 Å². The van der Waals surface area contributed by atoms with Crippen molar-refractivity contribution >= 4 is 38.6 Å². The summed E-state index contributed by atoms with van der Waals surface area (Å²) in [6.07, 6.45) is 6.05. The van der Waals surface area contributed by atoms with E-state index in [2.05, 4.69) is 23.5 Å². The maximum atomic E-state index is 12.7. The molecule has 9 nitrogen and oxygen atoms in total. The number of rotatable bonds is 16. The Morgan fingerprint density at radius 3 is 2.26 bits per heavy atom. The van der Waals surface area contributed by atoms with E-state index < -0.39 is 15.3 Å². The Hall–Kier alpha value is -4.48. The number of thioether (sulfide) groups is 1. The maximum absolute atomic E-state index is 12.7. The Labute approximate surface area is 274 Å². The molecule has 3 aromatic rings. The maximum Gasteiger partial charge on any atom is 0.286 e. The number of carbonyl (C=O) groups is 2. The van der Waals surface area contributed by atoms with Gasteiger partial charge in [0.15, 0.2) is 0 Å². The predicted octanol–water partition coefficient (Wildman–Crippen LogP) is 7.83. The molecule has 0 spiro atoms. The molecule has 1 aliphatic heterocycles. The van der Waals surface area contributed by atoms with Crippen LogP contribution in [0.3, 0.4) is 0 Å². The fourth-order valence-corrected chi connectivity index (χ4v) is 6.33. The smallest absolute Gasteiger partial charge is 0.286 e. The van der Waals surface area contributed by atoms with Crippen LogP contribution in [0.25, 0.3) is 0 Å². The molecule has 1 atom stereocenters. The molecule has 1 fully saturated rings. The molecule has 1 saturated heterocycles. The van der Waals surface area contributed by atoms with E-state index in [0.29, 0.717) is 42.6 Å². The third-order valence-corrected chi connectivity index (χ3v) is 9.27. The molecule has 1 heterocycles. The molecule has 46 heavy (non-hydrogen) atoms.